The number of fused-ring (bicyclic) bond motifs is 1. The Morgan fingerprint density at radius 2 is 1.64 bits per heavy atom. The second-order valence-corrected chi connectivity index (χ2v) is 8.49. The van der Waals surface area contributed by atoms with E-state index in [1.165, 1.54) is 0 Å². The molecule has 1 aliphatic heterocycles. The van der Waals surface area contributed by atoms with Crippen LogP contribution in [0.5, 0.6) is 0 Å². The minimum absolute atomic E-state index is 0.285. The molecule has 0 radical (unpaired) electrons. The van der Waals surface area contributed by atoms with Gasteiger partial charge in [-0.05, 0) is 42.8 Å². The number of benzene rings is 3. The maximum atomic E-state index is 13.5. The Bertz CT molecular complexity index is 1330. The molecule has 1 N–H and O–H groups in total. The number of nitrogens with zero attached hydrogens (tertiary/aromatic N) is 2. The normalized spacial score (nSPS) is 17.3. The maximum absolute atomic E-state index is 13.5. The van der Waals surface area contributed by atoms with Crippen molar-refractivity contribution in [3.8, 4) is 5.69 Å². The summed E-state index contributed by atoms with van der Waals surface area (Å²) in [6.45, 7) is 2.34. The van der Waals surface area contributed by atoms with Gasteiger partial charge in [-0.25, -0.2) is 0 Å². The first-order chi connectivity index (χ1) is 16.0. The fraction of sp³-hybridized carbons (Fsp3) is 0.143. The van der Waals surface area contributed by atoms with Crippen molar-refractivity contribution in [1.82, 2.24) is 4.57 Å². The molecule has 0 saturated heterocycles. The van der Waals surface area contributed by atoms with Gasteiger partial charge in [0.05, 0.1) is 18.7 Å². The van der Waals surface area contributed by atoms with E-state index < -0.39 is 11.5 Å². The Hall–Kier alpha value is -3.96. The molecule has 1 amide bonds. The van der Waals surface area contributed by atoms with E-state index >= 15 is 0 Å². The highest BCUT2D eigenvalue weighted by Crippen LogP contribution is 2.43. The molecule has 1 aliphatic rings. The first kappa shape index (κ1) is 20.9. The number of amides is 1. The summed E-state index contributed by atoms with van der Waals surface area (Å²) in [5, 5.41) is 11.6. The zero-order chi connectivity index (χ0) is 23.0. The van der Waals surface area contributed by atoms with E-state index in [4.69, 9.17) is 0 Å². The summed E-state index contributed by atoms with van der Waals surface area (Å²) in [4.78, 5) is 28.3. The predicted octanol–water partition coefficient (Wildman–Crippen LogP) is 4.79. The van der Waals surface area contributed by atoms with Crippen LogP contribution in [-0.4, -0.2) is 21.4 Å². The molecule has 5 rings (SSSR count). The van der Waals surface area contributed by atoms with E-state index in [2.05, 4.69) is 0 Å². The number of carbonyl (C=O) groups is 2. The van der Waals surface area contributed by atoms with Crippen molar-refractivity contribution in [1.29, 1.82) is 0 Å². The fourth-order valence-electron chi connectivity index (χ4n) is 4.39. The molecule has 0 saturated carbocycles. The number of anilines is 1. The summed E-state index contributed by atoms with van der Waals surface area (Å²) >= 11 is 0. The summed E-state index contributed by atoms with van der Waals surface area (Å²) < 4.78 is 1.91. The number of ketones is 1. The Morgan fingerprint density at radius 3 is 2.39 bits per heavy atom. The number of aryl methyl sites for hydroxylation is 1. The van der Waals surface area contributed by atoms with Crippen LogP contribution in [0.4, 0.5) is 5.69 Å². The number of carbonyl (C=O) groups excluding carboxylic acids is 2. The number of rotatable bonds is 6. The monoisotopic (exact) mass is 436 g/mol. The van der Waals surface area contributed by atoms with Crippen LogP contribution >= 0.6 is 0 Å². The van der Waals surface area contributed by atoms with Crippen molar-refractivity contribution < 1.29 is 14.7 Å². The lowest BCUT2D eigenvalue weighted by Gasteiger charge is -2.23. The van der Waals surface area contributed by atoms with Gasteiger partial charge in [0.25, 0.3) is 5.91 Å². The van der Waals surface area contributed by atoms with Gasteiger partial charge >= 0.3 is 0 Å². The summed E-state index contributed by atoms with van der Waals surface area (Å²) in [7, 11) is 0. The van der Waals surface area contributed by atoms with Gasteiger partial charge < -0.3 is 14.6 Å². The van der Waals surface area contributed by atoms with Crippen molar-refractivity contribution in [3.63, 3.8) is 0 Å². The topological polar surface area (TPSA) is 62.5 Å². The fourth-order valence-corrected chi connectivity index (χ4v) is 4.39. The average Bonchev–Trinajstić information content (AvgIpc) is 3.44. The molecule has 1 atom stereocenters. The van der Waals surface area contributed by atoms with Gasteiger partial charge in [-0.2, -0.15) is 0 Å². The predicted molar refractivity (Wildman–Crippen MR) is 127 cm³/mol. The lowest BCUT2D eigenvalue weighted by atomic mass is 9.88. The van der Waals surface area contributed by atoms with Gasteiger partial charge in [0.15, 0.2) is 11.4 Å². The van der Waals surface area contributed by atoms with E-state index in [1.807, 2.05) is 78.5 Å². The van der Waals surface area contributed by atoms with Crippen molar-refractivity contribution in [2.45, 2.75) is 25.5 Å². The molecule has 0 aliphatic carbocycles. The van der Waals surface area contributed by atoms with Crippen LogP contribution in [0.3, 0.4) is 0 Å². The molecule has 33 heavy (non-hydrogen) atoms. The average molecular weight is 437 g/mol. The minimum Gasteiger partial charge on any atom is -0.375 e. The van der Waals surface area contributed by atoms with Crippen LogP contribution in [0.2, 0.25) is 0 Å². The smallest absolute Gasteiger partial charge is 0.264 e. The molecule has 5 nitrogen and oxygen atoms in total. The van der Waals surface area contributed by atoms with E-state index in [0.29, 0.717) is 23.4 Å². The van der Waals surface area contributed by atoms with Crippen LogP contribution in [0.1, 0.15) is 33.5 Å². The summed E-state index contributed by atoms with van der Waals surface area (Å²) in [5.41, 5.74) is 2.60. The molecule has 4 aromatic rings. The molecular formula is C28H24N2O3. The second-order valence-electron chi connectivity index (χ2n) is 8.49. The van der Waals surface area contributed by atoms with E-state index in [0.717, 1.165) is 16.8 Å². The van der Waals surface area contributed by atoms with Crippen molar-refractivity contribution in [3.05, 3.63) is 120 Å². The second kappa shape index (κ2) is 8.19. The highest BCUT2D eigenvalue weighted by atomic mass is 16.3. The summed E-state index contributed by atoms with van der Waals surface area (Å²) in [6, 6.07) is 26.1. The van der Waals surface area contributed by atoms with Crippen LogP contribution in [0.25, 0.3) is 5.69 Å². The van der Waals surface area contributed by atoms with Crippen LogP contribution in [-0.2, 0) is 16.9 Å². The molecule has 0 bridgehead atoms. The third kappa shape index (κ3) is 3.77. The van der Waals surface area contributed by atoms with Gasteiger partial charge in [0, 0.05) is 29.2 Å². The van der Waals surface area contributed by atoms with Crippen molar-refractivity contribution >= 4 is 17.4 Å². The van der Waals surface area contributed by atoms with E-state index in [1.54, 1.807) is 35.2 Å². The summed E-state index contributed by atoms with van der Waals surface area (Å²) in [6.07, 6.45) is 3.48. The largest absolute Gasteiger partial charge is 0.375 e. The quantitative estimate of drug-likeness (QED) is 0.442. The van der Waals surface area contributed by atoms with Gasteiger partial charge in [-0.15, -0.1) is 0 Å². The third-order valence-corrected chi connectivity index (χ3v) is 6.19. The molecular weight excluding hydrogens is 412 g/mol. The van der Waals surface area contributed by atoms with Gasteiger partial charge in [0.2, 0.25) is 0 Å². The molecule has 0 spiro atoms. The number of Topliss-reactive ketones (excluding diaryl/α,β-unsaturated/α-hetero) is 1. The first-order valence-electron chi connectivity index (χ1n) is 10.9. The highest BCUT2D eigenvalue weighted by Gasteiger charge is 2.50. The lowest BCUT2D eigenvalue weighted by Crippen LogP contribution is -2.41. The Kier molecular flexibility index (Phi) is 5.19. The zero-order valence-corrected chi connectivity index (χ0v) is 18.3. The maximum Gasteiger partial charge on any atom is 0.264 e. The summed E-state index contributed by atoms with van der Waals surface area (Å²) in [5.74, 6) is -0.758. The zero-order valence-electron chi connectivity index (χ0n) is 18.3. The molecule has 0 fully saturated rings. The lowest BCUT2D eigenvalue weighted by molar-refractivity contribution is -0.136. The minimum atomic E-state index is -1.90. The number of hydrogen-bond donors (Lipinski definition) is 1. The van der Waals surface area contributed by atoms with E-state index in [-0.39, 0.29) is 12.2 Å². The van der Waals surface area contributed by atoms with E-state index in [9.17, 15) is 14.7 Å². The number of aromatic nitrogens is 1. The highest BCUT2D eigenvalue weighted by molar-refractivity contribution is 6.10. The Labute approximate surface area is 192 Å². The molecule has 0 unspecified atom stereocenters. The van der Waals surface area contributed by atoms with Gasteiger partial charge in [0.1, 0.15) is 0 Å². The van der Waals surface area contributed by atoms with Crippen LogP contribution in [0.15, 0.2) is 97.3 Å². The first-order valence-corrected chi connectivity index (χ1v) is 10.9. The molecule has 164 valence electrons. The van der Waals surface area contributed by atoms with Gasteiger partial charge in [-0.1, -0.05) is 60.2 Å². The number of aliphatic hydroxyl groups is 1. The number of para-hydroxylation sites is 1. The number of hydrogen-bond acceptors (Lipinski definition) is 3. The van der Waals surface area contributed by atoms with Crippen LogP contribution < -0.4 is 4.90 Å². The van der Waals surface area contributed by atoms with Crippen molar-refractivity contribution in [2.24, 2.45) is 0 Å². The Morgan fingerprint density at radius 1 is 0.909 bits per heavy atom. The third-order valence-electron chi connectivity index (χ3n) is 6.19. The van der Waals surface area contributed by atoms with Crippen molar-refractivity contribution in [2.75, 3.05) is 4.90 Å². The molecule has 3 aromatic carbocycles. The Balaban J connectivity index is 1.45. The SMILES string of the molecule is Cc1ccc(CN2C(=O)[C@@](O)(CC(=O)c3cccc(-n4cccc4)c3)c3ccccc32)cc1. The van der Waals surface area contributed by atoms with Crippen LogP contribution in [0, 0.1) is 6.92 Å². The molecule has 1 aromatic heterocycles. The van der Waals surface area contributed by atoms with Gasteiger partial charge in [-0.3, -0.25) is 9.59 Å². The standard InChI is InChI=1S/C28H24N2O3/c1-20-11-13-21(14-12-20)19-30-25-10-3-2-9-24(25)28(33,27(30)32)18-26(31)22-7-6-8-23(17-22)29-15-4-5-16-29/h2-17,33H,18-19H2,1H3/t28-/m1/s1. The molecule has 2 heterocycles. The molecule has 5 heteroatoms.